The Hall–Kier alpha value is -3.45. The van der Waals surface area contributed by atoms with Crippen LogP contribution in [0.4, 0.5) is 11.4 Å². The van der Waals surface area contributed by atoms with Crippen LogP contribution < -0.4 is 10.2 Å². The van der Waals surface area contributed by atoms with Gasteiger partial charge in [-0.2, -0.15) is 0 Å². The third-order valence-corrected chi connectivity index (χ3v) is 5.70. The maximum absolute atomic E-state index is 12.5. The van der Waals surface area contributed by atoms with Crippen molar-refractivity contribution < 1.29 is 9.59 Å². The van der Waals surface area contributed by atoms with Crippen molar-refractivity contribution in [3.8, 4) is 0 Å². The van der Waals surface area contributed by atoms with E-state index in [1.807, 2.05) is 65.6 Å². The SMILES string of the molecule is O=C(Nc1ccc(N2CCN(C(=O)/C=C/c3ccccc3)CC2)cc1)c1cncc(Br)c1. The van der Waals surface area contributed by atoms with Crippen LogP contribution in [0.3, 0.4) is 0 Å². The number of nitrogens with one attached hydrogen (secondary N) is 1. The van der Waals surface area contributed by atoms with E-state index in [9.17, 15) is 9.59 Å². The Morgan fingerprint density at radius 2 is 1.66 bits per heavy atom. The predicted octanol–water partition coefficient (Wildman–Crippen LogP) is 4.46. The molecular formula is C25H23BrN4O2. The number of pyridine rings is 1. The number of nitrogens with zero attached hydrogens (tertiary/aromatic N) is 3. The quantitative estimate of drug-likeness (QED) is 0.536. The van der Waals surface area contributed by atoms with Crippen molar-refractivity contribution in [2.75, 3.05) is 36.4 Å². The van der Waals surface area contributed by atoms with E-state index in [2.05, 4.69) is 31.1 Å². The summed E-state index contributed by atoms with van der Waals surface area (Å²) in [6.07, 6.45) is 6.66. The maximum Gasteiger partial charge on any atom is 0.257 e. The lowest BCUT2D eigenvalue weighted by molar-refractivity contribution is -0.126. The molecule has 0 radical (unpaired) electrons. The number of aromatic nitrogens is 1. The molecule has 2 amide bonds. The topological polar surface area (TPSA) is 65.5 Å². The summed E-state index contributed by atoms with van der Waals surface area (Å²) in [6.45, 7) is 2.87. The molecule has 0 aliphatic carbocycles. The normalized spacial score (nSPS) is 13.9. The number of carbonyl (C=O) groups excluding carboxylic acids is 2. The first kappa shape index (κ1) is 21.8. The van der Waals surface area contributed by atoms with Crippen molar-refractivity contribution in [1.29, 1.82) is 0 Å². The average molecular weight is 491 g/mol. The molecule has 32 heavy (non-hydrogen) atoms. The first-order chi connectivity index (χ1) is 15.6. The Balaban J connectivity index is 1.29. The van der Waals surface area contributed by atoms with E-state index in [4.69, 9.17) is 0 Å². The number of benzene rings is 2. The Kier molecular flexibility index (Phi) is 6.97. The molecule has 6 nitrogen and oxygen atoms in total. The number of hydrogen-bond donors (Lipinski definition) is 1. The molecule has 1 N–H and O–H groups in total. The molecule has 2 aromatic carbocycles. The van der Waals surface area contributed by atoms with Crippen LogP contribution in [-0.4, -0.2) is 47.9 Å². The molecule has 1 aromatic heterocycles. The summed E-state index contributed by atoms with van der Waals surface area (Å²) in [7, 11) is 0. The number of anilines is 2. The fourth-order valence-electron chi connectivity index (χ4n) is 3.52. The zero-order valence-electron chi connectivity index (χ0n) is 17.4. The number of carbonyl (C=O) groups is 2. The molecule has 1 aliphatic rings. The highest BCUT2D eigenvalue weighted by Gasteiger charge is 2.20. The Morgan fingerprint density at radius 3 is 2.34 bits per heavy atom. The largest absolute Gasteiger partial charge is 0.368 e. The van der Waals surface area contributed by atoms with Crippen LogP contribution >= 0.6 is 15.9 Å². The summed E-state index contributed by atoms with van der Waals surface area (Å²) in [5.74, 6) is -0.171. The van der Waals surface area contributed by atoms with Gasteiger partial charge in [0.25, 0.3) is 5.91 Å². The second-order valence-electron chi connectivity index (χ2n) is 7.45. The molecule has 0 unspecified atom stereocenters. The lowest BCUT2D eigenvalue weighted by Gasteiger charge is -2.35. The second-order valence-corrected chi connectivity index (χ2v) is 8.36. The molecule has 2 heterocycles. The van der Waals surface area contributed by atoms with Crippen molar-refractivity contribution in [3.63, 3.8) is 0 Å². The highest BCUT2D eigenvalue weighted by molar-refractivity contribution is 9.10. The minimum atomic E-state index is -0.206. The highest BCUT2D eigenvalue weighted by Crippen LogP contribution is 2.20. The maximum atomic E-state index is 12.5. The van der Waals surface area contributed by atoms with E-state index in [0.29, 0.717) is 18.7 Å². The summed E-state index contributed by atoms with van der Waals surface area (Å²) >= 11 is 3.33. The first-order valence-electron chi connectivity index (χ1n) is 10.4. The van der Waals surface area contributed by atoms with E-state index in [1.165, 1.54) is 6.20 Å². The molecule has 0 saturated carbocycles. The van der Waals surface area contributed by atoms with Crippen LogP contribution in [0.5, 0.6) is 0 Å². The van der Waals surface area contributed by atoms with Gasteiger partial charge < -0.3 is 15.1 Å². The molecule has 0 bridgehead atoms. The van der Waals surface area contributed by atoms with Gasteiger partial charge in [0.1, 0.15) is 0 Å². The van der Waals surface area contributed by atoms with Crippen molar-refractivity contribution >= 4 is 45.2 Å². The summed E-state index contributed by atoms with van der Waals surface area (Å²) in [4.78, 5) is 33.0. The van der Waals surface area contributed by atoms with Gasteiger partial charge in [0.15, 0.2) is 0 Å². The van der Waals surface area contributed by atoms with E-state index in [1.54, 1.807) is 18.3 Å². The van der Waals surface area contributed by atoms with Gasteiger partial charge in [-0.05, 0) is 57.9 Å². The molecule has 4 rings (SSSR count). The van der Waals surface area contributed by atoms with Gasteiger partial charge in [0.2, 0.25) is 5.91 Å². The molecule has 0 spiro atoms. The molecule has 7 heteroatoms. The number of amides is 2. The smallest absolute Gasteiger partial charge is 0.257 e. The van der Waals surface area contributed by atoms with Gasteiger partial charge in [-0.3, -0.25) is 14.6 Å². The number of piperazine rings is 1. The zero-order valence-corrected chi connectivity index (χ0v) is 19.0. The standard InChI is InChI=1S/C25H23BrN4O2/c26-21-16-20(17-27-18-21)25(32)28-22-7-9-23(10-8-22)29-12-14-30(15-13-29)24(31)11-6-19-4-2-1-3-5-19/h1-11,16-18H,12-15H2,(H,28,32)/b11-6+. The first-order valence-corrected chi connectivity index (χ1v) is 11.2. The molecule has 1 saturated heterocycles. The minimum absolute atomic E-state index is 0.0357. The number of hydrogen-bond acceptors (Lipinski definition) is 4. The van der Waals surface area contributed by atoms with Crippen LogP contribution in [0.25, 0.3) is 6.08 Å². The van der Waals surface area contributed by atoms with Crippen molar-refractivity contribution in [2.45, 2.75) is 0 Å². The predicted molar refractivity (Wildman–Crippen MR) is 131 cm³/mol. The molecule has 0 atom stereocenters. The van der Waals surface area contributed by atoms with E-state index in [-0.39, 0.29) is 11.8 Å². The average Bonchev–Trinajstić information content (AvgIpc) is 2.84. The van der Waals surface area contributed by atoms with Crippen molar-refractivity contribution in [3.05, 3.63) is 94.7 Å². The Bertz CT molecular complexity index is 1110. The van der Waals surface area contributed by atoms with Crippen molar-refractivity contribution in [1.82, 2.24) is 9.88 Å². The third kappa shape index (κ3) is 5.62. The second kappa shape index (κ2) is 10.2. The molecular weight excluding hydrogens is 468 g/mol. The molecule has 162 valence electrons. The van der Waals surface area contributed by atoms with Crippen LogP contribution in [0.1, 0.15) is 15.9 Å². The van der Waals surface area contributed by atoms with E-state index >= 15 is 0 Å². The monoisotopic (exact) mass is 490 g/mol. The van der Waals surface area contributed by atoms with E-state index in [0.717, 1.165) is 34.5 Å². The van der Waals surface area contributed by atoms with Crippen LogP contribution in [-0.2, 0) is 4.79 Å². The van der Waals surface area contributed by atoms with Gasteiger partial charge >= 0.3 is 0 Å². The lowest BCUT2D eigenvalue weighted by Crippen LogP contribution is -2.48. The van der Waals surface area contributed by atoms with Crippen LogP contribution in [0.15, 0.2) is 83.6 Å². The van der Waals surface area contributed by atoms with E-state index < -0.39 is 0 Å². The highest BCUT2D eigenvalue weighted by atomic mass is 79.9. The fraction of sp³-hybridized carbons (Fsp3) is 0.160. The molecule has 1 fully saturated rings. The number of rotatable bonds is 5. The number of halogens is 1. The van der Waals surface area contributed by atoms with Crippen LogP contribution in [0, 0.1) is 0 Å². The van der Waals surface area contributed by atoms with Gasteiger partial charge in [-0.15, -0.1) is 0 Å². The van der Waals surface area contributed by atoms with Gasteiger partial charge in [-0.25, -0.2) is 0 Å². The van der Waals surface area contributed by atoms with Gasteiger partial charge in [0.05, 0.1) is 5.56 Å². The molecule has 3 aromatic rings. The summed E-state index contributed by atoms with van der Waals surface area (Å²) in [5, 5.41) is 2.89. The summed E-state index contributed by atoms with van der Waals surface area (Å²) in [5.41, 5.74) is 3.30. The van der Waals surface area contributed by atoms with Crippen molar-refractivity contribution in [2.24, 2.45) is 0 Å². The minimum Gasteiger partial charge on any atom is -0.368 e. The van der Waals surface area contributed by atoms with Crippen LogP contribution in [0.2, 0.25) is 0 Å². The zero-order chi connectivity index (χ0) is 22.3. The Labute approximate surface area is 195 Å². The third-order valence-electron chi connectivity index (χ3n) is 5.27. The Morgan fingerprint density at radius 1 is 0.938 bits per heavy atom. The summed E-state index contributed by atoms with van der Waals surface area (Å²) in [6, 6.07) is 19.3. The van der Waals surface area contributed by atoms with Gasteiger partial charge in [0, 0.05) is 60.5 Å². The summed E-state index contributed by atoms with van der Waals surface area (Å²) < 4.78 is 0.758. The lowest BCUT2D eigenvalue weighted by atomic mass is 10.2. The fourth-order valence-corrected chi connectivity index (χ4v) is 3.88. The van der Waals surface area contributed by atoms with Gasteiger partial charge in [-0.1, -0.05) is 30.3 Å². The molecule has 1 aliphatic heterocycles.